The van der Waals surface area contributed by atoms with Crippen molar-refractivity contribution in [1.82, 2.24) is 4.72 Å². The van der Waals surface area contributed by atoms with Crippen LogP contribution in [0.15, 0.2) is 29.2 Å². The summed E-state index contributed by atoms with van der Waals surface area (Å²) in [6.45, 7) is 7.03. The Morgan fingerprint density at radius 3 is 2.35 bits per heavy atom. The number of benzene rings is 1. The van der Waals surface area contributed by atoms with Gasteiger partial charge in [-0.25, -0.2) is 17.9 Å². The number of nitrogens with one attached hydrogen (secondary N) is 1. The number of carbonyl (C=O) groups is 1. The van der Waals surface area contributed by atoms with Gasteiger partial charge < -0.3 is 5.11 Å². The van der Waals surface area contributed by atoms with Crippen LogP contribution in [0.1, 0.15) is 31.9 Å². The van der Waals surface area contributed by atoms with Gasteiger partial charge in [0.2, 0.25) is 10.0 Å². The van der Waals surface area contributed by atoms with Crippen LogP contribution in [0.2, 0.25) is 0 Å². The Labute approximate surface area is 119 Å². The van der Waals surface area contributed by atoms with Crippen LogP contribution >= 0.6 is 0 Å². The molecule has 0 unspecified atom stereocenters. The van der Waals surface area contributed by atoms with Gasteiger partial charge in [0.1, 0.15) is 0 Å². The molecule has 0 radical (unpaired) electrons. The van der Waals surface area contributed by atoms with Crippen LogP contribution < -0.4 is 4.72 Å². The van der Waals surface area contributed by atoms with Gasteiger partial charge in [-0.15, -0.1) is 0 Å². The molecule has 6 heteroatoms. The van der Waals surface area contributed by atoms with Crippen LogP contribution in [0.25, 0.3) is 6.08 Å². The van der Waals surface area contributed by atoms with Gasteiger partial charge in [-0.05, 0) is 57.0 Å². The third kappa shape index (κ3) is 4.79. The molecule has 0 amide bonds. The molecular formula is C14H19NO4S. The molecule has 0 aromatic heterocycles. The van der Waals surface area contributed by atoms with Crippen molar-refractivity contribution < 1.29 is 18.3 Å². The van der Waals surface area contributed by atoms with Crippen molar-refractivity contribution in [3.63, 3.8) is 0 Å². The molecule has 0 spiro atoms. The van der Waals surface area contributed by atoms with Crippen LogP contribution in [0.4, 0.5) is 0 Å². The third-order valence-corrected chi connectivity index (χ3v) is 4.15. The normalized spacial score (nSPS) is 12.8. The van der Waals surface area contributed by atoms with E-state index < -0.39 is 21.5 Å². The van der Waals surface area contributed by atoms with Crippen molar-refractivity contribution >= 4 is 22.1 Å². The van der Waals surface area contributed by atoms with E-state index in [9.17, 15) is 13.2 Å². The maximum absolute atomic E-state index is 12.2. The largest absolute Gasteiger partial charge is 0.478 e. The van der Waals surface area contributed by atoms with E-state index in [4.69, 9.17) is 5.11 Å². The molecule has 0 atom stereocenters. The standard InChI is InChI=1S/C14H19NO4S/c1-10-9-12(20(18,19)15-14(2,3)4)7-5-11(10)6-8-13(16)17/h5-9,15H,1-4H3,(H,16,17). The van der Waals surface area contributed by atoms with Gasteiger partial charge in [0, 0.05) is 11.6 Å². The summed E-state index contributed by atoms with van der Waals surface area (Å²) >= 11 is 0. The molecule has 0 heterocycles. The minimum absolute atomic E-state index is 0.164. The van der Waals surface area contributed by atoms with Crippen molar-refractivity contribution in [2.45, 2.75) is 38.1 Å². The first-order chi connectivity index (χ1) is 9.01. The Hall–Kier alpha value is -1.66. The molecule has 0 aliphatic rings. The Morgan fingerprint density at radius 2 is 1.90 bits per heavy atom. The van der Waals surface area contributed by atoms with Gasteiger partial charge in [0.15, 0.2) is 0 Å². The summed E-state index contributed by atoms with van der Waals surface area (Å²) in [6.07, 6.45) is 2.45. The topological polar surface area (TPSA) is 83.5 Å². The van der Waals surface area contributed by atoms with E-state index in [0.717, 1.165) is 6.08 Å². The van der Waals surface area contributed by atoms with E-state index in [1.807, 2.05) is 0 Å². The van der Waals surface area contributed by atoms with Gasteiger partial charge in [0.25, 0.3) is 0 Å². The molecule has 1 rings (SSSR count). The number of rotatable bonds is 4. The summed E-state index contributed by atoms with van der Waals surface area (Å²) in [5.41, 5.74) is 0.802. The summed E-state index contributed by atoms with van der Waals surface area (Å²) in [5, 5.41) is 8.58. The number of hydrogen-bond donors (Lipinski definition) is 2. The van der Waals surface area contributed by atoms with Crippen molar-refractivity contribution in [2.24, 2.45) is 0 Å². The van der Waals surface area contributed by atoms with E-state index in [1.165, 1.54) is 18.2 Å². The molecule has 0 aliphatic carbocycles. The van der Waals surface area contributed by atoms with Crippen molar-refractivity contribution in [3.8, 4) is 0 Å². The highest BCUT2D eigenvalue weighted by molar-refractivity contribution is 7.89. The second kappa shape index (κ2) is 5.76. The molecule has 0 bridgehead atoms. The van der Waals surface area contributed by atoms with E-state index in [0.29, 0.717) is 11.1 Å². The molecule has 20 heavy (non-hydrogen) atoms. The minimum atomic E-state index is -3.58. The van der Waals surface area contributed by atoms with Gasteiger partial charge in [-0.1, -0.05) is 6.07 Å². The lowest BCUT2D eigenvalue weighted by Gasteiger charge is -2.20. The van der Waals surface area contributed by atoms with E-state index in [-0.39, 0.29) is 4.90 Å². The molecule has 1 aromatic carbocycles. The molecular weight excluding hydrogens is 278 g/mol. The zero-order valence-corrected chi connectivity index (χ0v) is 12.8. The van der Waals surface area contributed by atoms with E-state index in [1.54, 1.807) is 33.8 Å². The molecule has 0 saturated carbocycles. The Morgan fingerprint density at radius 1 is 1.30 bits per heavy atom. The smallest absolute Gasteiger partial charge is 0.328 e. The van der Waals surface area contributed by atoms with Crippen molar-refractivity contribution in [2.75, 3.05) is 0 Å². The Bertz CT molecular complexity index is 640. The fourth-order valence-electron chi connectivity index (χ4n) is 1.63. The second-order valence-electron chi connectivity index (χ2n) is 5.55. The fourth-order valence-corrected chi connectivity index (χ4v) is 3.13. The lowest BCUT2D eigenvalue weighted by molar-refractivity contribution is -0.131. The molecule has 110 valence electrons. The van der Waals surface area contributed by atoms with Crippen LogP contribution in [-0.4, -0.2) is 25.0 Å². The third-order valence-electron chi connectivity index (χ3n) is 2.40. The number of carboxylic acids is 1. The van der Waals surface area contributed by atoms with Crippen molar-refractivity contribution in [1.29, 1.82) is 0 Å². The quantitative estimate of drug-likeness (QED) is 0.834. The number of sulfonamides is 1. The lowest BCUT2D eigenvalue weighted by Crippen LogP contribution is -2.40. The predicted molar refractivity (Wildman–Crippen MR) is 77.9 cm³/mol. The number of aliphatic carboxylic acids is 1. The van der Waals surface area contributed by atoms with Crippen molar-refractivity contribution in [3.05, 3.63) is 35.4 Å². The highest BCUT2D eigenvalue weighted by atomic mass is 32.2. The number of carboxylic acid groups (broad SMARTS) is 1. The van der Waals surface area contributed by atoms with Gasteiger partial charge >= 0.3 is 5.97 Å². The first-order valence-electron chi connectivity index (χ1n) is 6.07. The van der Waals surface area contributed by atoms with E-state index in [2.05, 4.69) is 4.72 Å². The minimum Gasteiger partial charge on any atom is -0.478 e. The number of hydrogen-bond acceptors (Lipinski definition) is 3. The van der Waals surface area contributed by atoms with Crippen LogP contribution in [0.3, 0.4) is 0 Å². The number of aryl methyl sites for hydroxylation is 1. The average Bonchev–Trinajstić information content (AvgIpc) is 2.23. The average molecular weight is 297 g/mol. The first kappa shape index (κ1) is 16.4. The first-order valence-corrected chi connectivity index (χ1v) is 7.55. The summed E-state index contributed by atoms with van der Waals surface area (Å²) in [4.78, 5) is 10.6. The highest BCUT2D eigenvalue weighted by Gasteiger charge is 2.22. The molecule has 0 aliphatic heterocycles. The summed E-state index contributed by atoms with van der Waals surface area (Å²) in [6, 6.07) is 4.57. The van der Waals surface area contributed by atoms with Gasteiger partial charge in [-0.3, -0.25) is 0 Å². The predicted octanol–water partition coefficient (Wildman–Crippen LogP) is 2.17. The highest BCUT2D eigenvalue weighted by Crippen LogP contribution is 2.18. The van der Waals surface area contributed by atoms with Crippen LogP contribution in [0, 0.1) is 6.92 Å². The summed E-state index contributed by atoms with van der Waals surface area (Å²) in [5.74, 6) is -1.05. The molecule has 5 nitrogen and oxygen atoms in total. The van der Waals surface area contributed by atoms with E-state index >= 15 is 0 Å². The summed E-state index contributed by atoms with van der Waals surface area (Å²) < 4.78 is 26.9. The zero-order valence-electron chi connectivity index (χ0n) is 12.0. The lowest BCUT2D eigenvalue weighted by atomic mass is 10.1. The summed E-state index contributed by atoms with van der Waals surface area (Å²) in [7, 11) is -3.58. The maximum Gasteiger partial charge on any atom is 0.328 e. The van der Waals surface area contributed by atoms with Gasteiger partial charge in [0.05, 0.1) is 4.90 Å². The fraction of sp³-hybridized carbons (Fsp3) is 0.357. The molecule has 0 fully saturated rings. The second-order valence-corrected chi connectivity index (χ2v) is 7.23. The molecule has 0 saturated heterocycles. The maximum atomic E-state index is 12.2. The Balaban J connectivity index is 3.12. The van der Waals surface area contributed by atoms with Gasteiger partial charge in [-0.2, -0.15) is 0 Å². The molecule has 1 aromatic rings. The van der Waals surface area contributed by atoms with Crippen LogP contribution in [0.5, 0.6) is 0 Å². The SMILES string of the molecule is Cc1cc(S(=O)(=O)NC(C)(C)C)ccc1C=CC(=O)O. The molecule has 2 N–H and O–H groups in total. The van der Waals surface area contributed by atoms with Crippen LogP contribution in [-0.2, 0) is 14.8 Å². The Kier molecular flexibility index (Phi) is 4.73. The monoisotopic (exact) mass is 297 g/mol. The zero-order chi connectivity index (χ0) is 15.6.